The van der Waals surface area contributed by atoms with Gasteiger partial charge in [-0.05, 0) is 55.8 Å². The van der Waals surface area contributed by atoms with Gasteiger partial charge in [-0.25, -0.2) is 4.99 Å². The van der Waals surface area contributed by atoms with Crippen molar-refractivity contribution in [3.05, 3.63) is 65.2 Å². The molecule has 7 heteroatoms. The number of amides is 1. The second-order valence-corrected chi connectivity index (χ2v) is 8.01. The number of carbonyl (C=O) groups is 1. The van der Waals surface area contributed by atoms with Gasteiger partial charge in [-0.15, -0.1) is 24.0 Å². The van der Waals surface area contributed by atoms with E-state index in [2.05, 4.69) is 72.8 Å². The van der Waals surface area contributed by atoms with Gasteiger partial charge >= 0.3 is 0 Å². The Balaban J connectivity index is 0.00000363. The van der Waals surface area contributed by atoms with Crippen molar-refractivity contribution in [3.8, 4) is 0 Å². The molecule has 0 bridgehead atoms. The van der Waals surface area contributed by atoms with Gasteiger partial charge in [0.05, 0.1) is 6.54 Å². The molecule has 2 aromatic rings. The van der Waals surface area contributed by atoms with Crippen molar-refractivity contribution >= 4 is 41.5 Å². The average molecular weight is 550 g/mol. The van der Waals surface area contributed by atoms with Gasteiger partial charge in [0.2, 0.25) is 5.91 Å². The minimum atomic E-state index is 0. The van der Waals surface area contributed by atoms with E-state index in [1.165, 1.54) is 11.1 Å². The first-order valence-corrected chi connectivity index (χ1v) is 11.3. The van der Waals surface area contributed by atoms with E-state index in [1.807, 2.05) is 17.0 Å². The lowest BCUT2D eigenvalue weighted by Gasteiger charge is -2.16. The van der Waals surface area contributed by atoms with Crippen molar-refractivity contribution in [3.63, 3.8) is 0 Å². The highest BCUT2D eigenvalue weighted by atomic mass is 127. The highest BCUT2D eigenvalue weighted by molar-refractivity contribution is 14.0. The lowest BCUT2D eigenvalue weighted by molar-refractivity contribution is -0.117. The molecule has 174 valence electrons. The number of carbonyl (C=O) groups excluding carboxylic acids is 1. The predicted octanol–water partition coefficient (Wildman–Crippen LogP) is 4.14. The molecular weight excluding hydrogens is 513 g/mol. The molecule has 2 aromatic carbocycles. The van der Waals surface area contributed by atoms with Crippen LogP contribution in [0.5, 0.6) is 0 Å². The van der Waals surface area contributed by atoms with Crippen LogP contribution in [0.25, 0.3) is 0 Å². The molecule has 1 amide bonds. The van der Waals surface area contributed by atoms with E-state index in [9.17, 15) is 4.79 Å². The van der Waals surface area contributed by atoms with Crippen molar-refractivity contribution in [2.24, 2.45) is 4.99 Å². The van der Waals surface area contributed by atoms with Gasteiger partial charge in [0, 0.05) is 38.3 Å². The van der Waals surface area contributed by atoms with Gasteiger partial charge in [-0.1, -0.05) is 43.3 Å². The minimum Gasteiger partial charge on any atom is -0.357 e. The van der Waals surface area contributed by atoms with E-state index in [0.29, 0.717) is 19.5 Å². The molecule has 1 aliphatic rings. The third kappa shape index (κ3) is 7.78. The van der Waals surface area contributed by atoms with Gasteiger partial charge in [0.25, 0.3) is 0 Å². The Morgan fingerprint density at radius 2 is 1.81 bits per heavy atom. The minimum absolute atomic E-state index is 0. The van der Waals surface area contributed by atoms with Crippen molar-refractivity contribution < 1.29 is 4.79 Å². The van der Waals surface area contributed by atoms with E-state index in [1.54, 1.807) is 0 Å². The second kappa shape index (κ2) is 13.4. The molecule has 0 aromatic heterocycles. The molecule has 1 heterocycles. The molecule has 32 heavy (non-hydrogen) atoms. The summed E-state index contributed by atoms with van der Waals surface area (Å²) in [4.78, 5) is 20.8. The summed E-state index contributed by atoms with van der Waals surface area (Å²) in [5, 5.41) is 6.73. The molecule has 2 N–H and O–H groups in total. The van der Waals surface area contributed by atoms with E-state index < -0.39 is 0 Å². The van der Waals surface area contributed by atoms with E-state index in [-0.39, 0.29) is 29.9 Å². The maximum atomic E-state index is 11.9. The number of aliphatic imine (C=N–C) groups is 1. The van der Waals surface area contributed by atoms with Gasteiger partial charge < -0.3 is 20.4 Å². The van der Waals surface area contributed by atoms with Crippen molar-refractivity contribution in [2.75, 3.05) is 31.6 Å². The van der Waals surface area contributed by atoms with Gasteiger partial charge in [0.1, 0.15) is 0 Å². The third-order valence-corrected chi connectivity index (χ3v) is 5.53. The molecule has 0 atom stereocenters. The molecule has 0 unspecified atom stereocenters. The van der Waals surface area contributed by atoms with Crippen molar-refractivity contribution in [1.29, 1.82) is 0 Å². The lowest BCUT2D eigenvalue weighted by Crippen LogP contribution is -2.36. The number of hydrogen-bond acceptors (Lipinski definition) is 3. The van der Waals surface area contributed by atoms with Gasteiger partial charge in [-0.2, -0.15) is 0 Å². The molecule has 1 aliphatic heterocycles. The van der Waals surface area contributed by atoms with E-state index in [4.69, 9.17) is 4.99 Å². The summed E-state index contributed by atoms with van der Waals surface area (Å²) in [5.74, 6) is 1.02. The summed E-state index contributed by atoms with van der Waals surface area (Å²) in [6, 6.07) is 16.8. The maximum Gasteiger partial charge on any atom is 0.227 e. The summed E-state index contributed by atoms with van der Waals surface area (Å²) in [5.41, 5.74) is 4.66. The first-order valence-electron chi connectivity index (χ1n) is 11.3. The van der Waals surface area contributed by atoms with Crippen LogP contribution in [0.15, 0.2) is 53.5 Å². The first kappa shape index (κ1) is 26.1. The Kier molecular flexibility index (Phi) is 11.0. The lowest BCUT2D eigenvalue weighted by atomic mass is 10.1. The smallest absolute Gasteiger partial charge is 0.227 e. The van der Waals surface area contributed by atoms with Crippen LogP contribution in [0.4, 0.5) is 5.69 Å². The van der Waals surface area contributed by atoms with Gasteiger partial charge in [0.15, 0.2) is 5.96 Å². The molecule has 3 rings (SSSR count). The normalized spacial score (nSPS) is 13.9. The molecule has 6 nitrogen and oxygen atoms in total. The number of nitrogens with one attached hydrogen (secondary N) is 2. The number of benzene rings is 2. The number of hydrogen-bond donors (Lipinski definition) is 2. The van der Waals surface area contributed by atoms with Crippen LogP contribution in [0.3, 0.4) is 0 Å². The fraction of sp³-hybridized carbons (Fsp3) is 0.440. The number of halogens is 1. The predicted molar refractivity (Wildman–Crippen MR) is 144 cm³/mol. The molecule has 0 saturated carbocycles. The van der Waals surface area contributed by atoms with Crippen molar-refractivity contribution in [1.82, 2.24) is 15.5 Å². The quantitative estimate of drug-likeness (QED) is 0.281. The molecule has 0 radical (unpaired) electrons. The van der Waals surface area contributed by atoms with E-state index >= 15 is 0 Å². The van der Waals surface area contributed by atoms with Gasteiger partial charge in [-0.3, -0.25) is 4.79 Å². The SMILES string of the molecule is CCNC(=NCc1cccc(CN(C)CC)c1)NCc1ccc(N2CCCC2=O)cc1.I. The molecular formula is C25H36IN5O. The zero-order valence-electron chi connectivity index (χ0n) is 19.4. The number of anilines is 1. The number of guanidine groups is 1. The summed E-state index contributed by atoms with van der Waals surface area (Å²) < 4.78 is 0. The summed E-state index contributed by atoms with van der Waals surface area (Å²) in [6.07, 6.45) is 1.60. The number of nitrogens with zero attached hydrogens (tertiary/aromatic N) is 3. The Bertz CT molecular complexity index is 884. The Hall–Kier alpha value is -2.13. The van der Waals surface area contributed by atoms with Crippen LogP contribution >= 0.6 is 24.0 Å². The van der Waals surface area contributed by atoms with Crippen molar-refractivity contribution in [2.45, 2.75) is 46.3 Å². The average Bonchev–Trinajstić information content (AvgIpc) is 3.22. The van der Waals surface area contributed by atoms with Crippen LogP contribution in [-0.4, -0.2) is 43.4 Å². The zero-order valence-corrected chi connectivity index (χ0v) is 21.8. The second-order valence-electron chi connectivity index (χ2n) is 8.01. The summed E-state index contributed by atoms with van der Waals surface area (Å²) in [6.45, 7) is 9.17. The van der Waals surface area contributed by atoms with E-state index in [0.717, 1.165) is 49.8 Å². The molecule has 1 fully saturated rings. The van der Waals surface area contributed by atoms with Crippen LogP contribution in [0, 0.1) is 0 Å². The standard InChI is InChI=1S/C25H35N5O.HI/c1-4-26-25(28-18-21-8-6-9-22(16-21)19-29(3)5-2)27-17-20-11-13-23(14-12-20)30-15-7-10-24(30)31;/h6,8-9,11-14,16H,4-5,7,10,15,17-19H2,1-3H3,(H2,26,27,28);1H. The monoisotopic (exact) mass is 549 g/mol. The zero-order chi connectivity index (χ0) is 22.1. The van der Waals surface area contributed by atoms with Crippen LogP contribution in [0.1, 0.15) is 43.4 Å². The Morgan fingerprint density at radius 3 is 2.47 bits per heavy atom. The largest absolute Gasteiger partial charge is 0.357 e. The molecule has 0 spiro atoms. The molecule has 0 aliphatic carbocycles. The summed E-state index contributed by atoms with van der Waals surface area (Å²) >= 11 is 0. The first-order chi connectivity index (χ1) is 15.1. The van der Waals surface area contributed by atoms with Crippen LogP contribution in [0.2, 0.25) is 0 Å². The highest BCUT2D eigenvalue weighted by Gasteiger charge is 2.21. The fourth-order valence-corrected chi connectivity index (χ4v) is 3.66. The number of rotatable bonds is 9. The summed E-state index contributed by atoms with van der Waals surface area (Å²) in [7, 11) is 2.13. The maximum absolute atomic E-state index is 11.9. The molecule has 1 saturated heterocycles. The van der Waals surface area contributed by atoms with Crippen LogP contribution < -0.4 is 15.5 Å². The Morgan fingerprint density at radius 1 is 1.06 bits per heavy atom. The fourth-order valence-electron chi connectivity index (χ4n) is 3.66. The Labute approximate surface area is 209 Å². The van der Waals surface area contributed by atoms with Crippen LogP contribution in [-0.2, 0) is 24.4 Å². The third-order valence-electron chi connectivity index (χ3n) is 5.53. The highest BCUT2D eigenvalue weighted by Crippen LogP contribution is 2.21. The topological polar surface area (TPSA) is 60.0 Å².